The Hall–Kier alpha value is -1.89. The first kappa shape index (κ1) is 15.0. The molecule has 1 aliphatic heterocycles. The average Bonchev–Trinajstić information content (AvgIpc) is 2.85. The summed E-state index contributed by atoms with van der Waals surface area (Å²) < 4.78 is 5.95. The van der Waals surface area contributed by atoms with Gasteiger partial charge in [0, 0.05) is 11.8 Å². The molecule has 1 aromatic rings. The lowest BCUT2D eigenvalue weighted by Gasteiger charge is -2.32. The number of nitrogens with one attached hydrogen (secondary N) is 3. The molecule has 1 atom stereocenters. The molecule has 0 unspecified atom stereocenters. The highest BCUT2D eigenvalue weighted by molar-refractivity contribution is 5.78. The van der Waals surface area contributed by atoms with E-state index in [-0.39, 0.29) is 29.5 Å². The minimum absolute atomic E-state index is 0.00689. The molecule has 7 heteroatoms. The maximum absolute atomic E-state index is 12.1. The van der Waals surface area contributed by atoms with Crippen LogP contribution in [0, 0.1) is 0 Å². The Balaban J connectivity index is 1.56. The number of carbonyl (C=O) groups is 1. The van der Waals surface area contributed by atoms with Crippen LogP contribution in [0.4, 0.5) is 0 Å². The van der Waals surface area contributed by atoms with E-state index in [2.05, 4.69) is 15.3 Å². The second-order valence-corrected chi connectivity index (χ2v) is 6.30. The van der Waals surface area contributed by atoms with E-state index in [9.17, 15) is 14.4 Å². The molecule has 2 heterocycles. The Morgan fingerprint density at radius 3 is 2.82 bits per heavy atom. The number of carbonyl (C=O) groups excluding carboxylic acids is 1. The summed E-state index contributed by atoms with van der Waals surface area (Å²) in [6.07, 6.45) is 7.86. The SMILES string of the molecule is O=C(Cc1c[nH]c(=O)[nH]c1=O)N[C@@H]1COC2(CCCCC2)C1. The normalized spacial score (nSPS) is 23.5. The summed E-state index contributed by atoms with van der Waals surface area (Å²) in [6, 6.07) is 0.00689. The third kappa shape index (κ3) is 3.30. The van der Waals surface area contributed by atoms with Gasteiger partial charge in [0.25, 0.3) is 5.56 Å². The van der Waals surface area contributed by atoms with Crippen molar-refractivity contribution < 1.29 is 9.53 Å². The number of aromatic amines is 2. The smallest absolute Gasteiger partial charge is 0.325 e. The average molecular weight is 307 g/mol. The molecule has 1 aliphatic carbocycles. The van der Waals surface area contributed by atoms with Crippen molar-refractivity contribution >= 4 is 5.91 Å². The molecule has 1 spiro atoms. The highest BCUT2D eigenvalue weighted by Crippen LogP contribution is 2.39. The molecular weight excluding hydrogens is 286 g/mol. The Labute approximate surface area is 127 Å². The van der Waals surface area contributed by atoms with Gasteiger partial charge in [0.2, 0.25) is 5.91 Å². The van der Waals surface area contributed by atoms with Gasteiger partial charge in [0.1, 0.15) is 0 Å². The first-order valence-corrected chi connectivity index (χ1v) is 7.81. The zero-order valence-electron chi connectivity index (χ0n) is 12.4. The van der Waals surface area contributed by atoms with Crippen molar-refractivity contribution in [3.8, 4) is 0 Å². The van der Waals surface area contributed by atoms with Crippen LogP contribution in [0.3, 0.4) is 0 Å². The van der Waals surface area contributed by atoms with Crippen LogP contribution in [0.15, 0.2) is 15.8 Å². The van der Waals surface area contributed by atoms with Crippen LogP contribution in [0.5, 0.6) is 0 Å². The van der Waals surface area contributed by atoms with Gasteiger partial charge in [-0.25, -0.2) is 4.79 Å². The Bertz CT molecular complexity index is 657. The number of amides is 1. The molecule has 1 amide bonds. The van der Waals surface area contributed by atoms with Crippen LogP contribution in [-0.4, -0.2) is 34.1 Å². The zero-order chi connectivity index (χ0) is 15.6. The maximum atomic E-state index is 12.1. The first-order valence-electron chi connectivity index (χ1n) is 7.81. The lowest BCUT2D eigenvalue weighted by atomic mass is 9.82. The van der Waals surface area contributed by atoms with Crippen molar-refractivity contribution in [1.82, 2.24) is 15.3 Å². The number of H-pyrrole nitrogens is 2. The summed E-state index contributed by atoms with van der Waals surface area (Å²) in [5, 5.41) is 2.93. The molecule has 2 aliphatic rings. The van der Waals surface area contributed by atoms with Crippen molar-refractivity contribution in [2.75, 3.05) is 6.61 Å². The fourth-order valence-electron chi connectivity index (χ4n) is 3.50. The number of hydrogen-bond donors (Lipinski definition) is 3. The van der Waals surface area contributed by atoms with Gasteiger partial charge in [0.05, 0.1) is 24.7 Å². The third-order valence-electron chi connectivity index (χ3n) is 4.59. The number of aromatic nitrogens is 2. The van der Waals surface area contributed by atoms with Crippen molar-refractivity contribution in [2.24, 2.45) is 0 Å². The standard InChI is InChI=1S/C15H21N3O4/c19-12(6-10-8-16-14(21)18-13(10)20)17-11-7-15(22-9-11)4-2-1-3-5-15/h8,11H,1-7,9H2,(H,17,19)(H2,16,18,20,21)/t11-/m0/s1. The molecule has 1 saturated heterocycles. The van der Waals surface area contributed by atoms with Gasteiger partial charge < -0.3 is 15.0 Å². The van der Waals surface area contributed by atoms with E-state index in [0.717, 1.165) is 19.3 Å². The molecule has 0 bridgehead atoms. The molecular formula is C15H21N3O4. The summed E-state index contributed by atoms with van der Waals surface area (Å²) >= 11 is 0. The number of hydrogen-bond acceptors (Lipinski definition) is 4. The van der Waals surface area contributed by atoms with Crippen molar-refractivity contribution in [3.63, 3.8) is 0 Å². The molecule has 0 radical (unpaired) electrons. The van der Waals surface area contributed by atoms with E-state index >= 15 is 0 Å². The van der Waals surface area contributed by atoms with E-state index < -0.39 is 11.2 Å². The van der Waals surface area contributed by atoms with Gasteiger partial charge in [-0.2, -0.15) is 0 Å². The zero-order valence-corrected chi connectivity index (χ0v) is 12.4. The van der Waals surface area contributed by atoms with Gasteiger partial charge in [-0.3, -0.25) is 14.6 Å². The fraction of sp³-hybridized carbons (Fsp3) is 0.667. The second-order valence-electron chi connectivity index (χ2n) is 6.30. The van der Waals surface area contributed by atoms with E-state index in [0.29, 0.717) is 6.61 Å². The summed E-state index contributed by atoms with van der Waals surface area (Å²) in [4.78, 5) is 39.1. The van der Waals surface area contributed by atoms with Crippen molar-refractivity contribution in [3.05, 3.63) is 32.6 Å². The van der Waals surface area contributed by atoms with Crippen molar-refractivity contribution in [1.29, 1.82) is 0 Å². The third-order valence-corrected chi connectivity index (χ3v) is 4.59. The van der Waals surface area contributed by atoms with E-state index in [1.165, 1.54) is 25.5 Å². The fourth-order valence-corrected chi connectivity index (χ4v) is 3.50. The molecule has 7 nitrogen and oxygen atoms in total. The van der Waals surface area contributed by atoms with Gasteiger partial charge in [-0.15, -0.1) is 0 Å². The van der Waals surface area contributed by atoms with Gasteiger partial charge in [-0.05, 0) is 19.3 Å². The Morgan fingerprint density at radius 2 is 2.09 bits per heavy atom. The molecule has 22 heavy (non-hydrogen) atoms. The topological polar surface area (TPSA) is 104 Å². The lowest BCUT2D eigenvalue weighted by Crippen LogP contribution is -2.39. The van der Waals surface area contributed by atoms with Crippen LogP contribution in [0.2, 0.25) is 0 Å². The van der Waals surface area contributed by atoms with Crippen LogP contribution >= 0.6 is 0 Å². The van der Waals surface area contributed by atoms with Gasteiger partial charge >= 0.3 is 5.69 Å². The minimum Gasteiger partial charge on any atom is -0.373 e. The minimum atomic E-state index is -0.572. The van der Waals surface area contributed by atoms with Gasteiger partial charge in [-0.1, -0.05) is 19.3 Å². The van der Waals surface area contributed by atoms with Crippen molar-refractivity contribution in [2.45, 2.75) is 56.6 Å². The summed E-state index contributed by atoms with van der Waals surface area (Å²) in [5.41, 5.74) is -0.891. The molecule has 2 fully saturated rings. The molecule has 0 aromatic carbocycles. The van der Waals surface area contributed by atoms with Crippen LogP contribution in [0.25, 0.3) is 0 Å². The largest absolute Gasteiger partial charge is 0.373 e. The van der Waals surface area contributed by atoms with E-state index in [4.69, 9.17) is 4.74 Å². The monoisotopic (exact) mass is 307 g/mol. The van der Waals surface area contributed by atoms with Gasteiger partial charge in [0.15, 0.2) is 0 Å². The van der Waals surface area contributed by atoms with Crippen LogP contribution in [0.1, 0.15) is 44.1 Å². The molecule has 3 N–H and O–H groups in total. The molecule has 1 aromatic heterocycles. The summed E-state index contributed by atoms with van der Waals surface area (Å²) in [7, 11) is 0. The predicted molar refractivity (Wildman–Crippen MR) is 79.7 cm³/mol. The van der Waals surface area contributed by atoms with Crippen LogP contribution < -0.4 is 16.6 Å². The number of ether oxygens (including phenoxy) is 1. The molecule has 120 valence electrons. The second kappa shape index (κ2) is 6.08. The molecule has 1 saturated carbocycles. The Kier molecular flexibility index (Phi) is 4.15. The quantitative estimate of drug-likeness (QED) is 0.742. The summed E-state index contributed by atoms with van der Waals surface area (Å²) in [5.74, 6) is -0.223. The maximum Gasteiger partial charge on any atom is 0.325 e. The van der Waals surface area contributed by atoms with E-state index in [1.807, 2.05) is 0 Å². The van der Waals surface area contributed by atoms with Crippen LogP contribution in [-0.2, 0) is 16.0 Å². The Morgan fingerprint density at radius 1 is 1.32 bits per heavy atom. The molecule has 3 rings (SSSR count). The lowest BCUT2D eigenvalue weighted by molar-refractivity contribution is -0.121. The highest BCUT2D eigenvalue weighted by Gasteiger charge is 2.41. The first-order chi connectivity index (χ1) is 10.6. The number of rotatable bonds is 3. The summed E-state index contributed by atoms with van der Waals surface area (Å²) in [6.45, 7) is 0.535. The predicted octanol–water partition coefficient (Wildman–Crippen LogP) is 0.214. The highest BCUT2D eigenvalue weighted by atomic mass is 16.5. The van der Waals surface area contributed by atoms with E-state index in [1.54, 1.807) is 0 Å².